The topological polar surface area (TPSA) is 73.9 Å². The number of aliphatic hydroxyl groups excluding tert-OH is 2. The van der Waals surface area contributed by atoms with Gasteiger partial charge in [-0.25, -0.2) is 9.97 Å². The van der Waals surface area contributed by atoms with Crippen LogP contribution in [-0.2, 0) is 6.54 Å². The Morgan fingerprint density at radius 1 is 0.963 bits per heavy atom. The average molecular weight is 364 g/mol. The third-order valence-electron chi connectivity index (χ3n) is 6.11. The Hall–Kier alpha value is -2.28. The zero-order valence-corrected chi connectivity index (χ0v) is 15.1. The lowest BCUT2D eigenvalue weighted by Crippen LogP contribution is -2.38. The molecule has 0 unspecified atom stereocenters. The molecule has 5 rings (SSSR count). The first-order valence-electron chi connectivity index (χ1n) is 9.65. The lowest BCUT2D eigenvalue weighted by atomic mass is 9.79. The van der Waals surface area contributed by atoms with Crippen molar-refractivity contribution in [2.75, 3.05) is 13.1 Å². The predicted molar refractivity (Wildman–Crippen MR) is 102 cm³/mol. The third kappa shape index (κ3) is 3.04. The molecule has 1 aliphatic heterocycles. The maximum absolute atomic E-state index is 10.0. The van der Waals surface area contributed by atoms with Crippen molar-refractivity contribution >= 4 is 5.78 Å². The van der Waals surface area contributed by atoms with E-state index in [1.54, 1.807) is 6.20 Å². The van der Waals surface area contributed by atoms with Gasteiger partial charge < -0.3 is 10.2 Å². The second-order valence-electron chi connectivity index (χ2n) is 7.88. The predicted octanol–water partition coefficient (Wildman–Crippen LogP) is 1.96. The molecule has 2 aromatic heterocycles. The number of imidazole rings is 1. The maximum atomic E-state index is 10.0. The highest BCUT2D eigenvalue weighted by Gasteiger charge is 2.41. The Morgan fingerprint density at radius 2 is 1.67 bits per heavy atom. The monoisotopic (exact) mass is 364 g/mol. The van der Waals surface area contributed by atoms with Crippen LogP contribution in [0.3, 0.4) is 0 Å². The number of hydrogen-bond acceptors (Lipinski definition) is 5. The molecule has 6 heteroatoms. The summed E-state index contributed by atoms with van der Waals surface area (Å²) in [7, 11) is 0. The first-order valence-corrected chi connectivity index (χ1v) is 9.65. The number of benzene rings is 1. The highest BCUT2D eigenvalue weighted by molar-refractivity contribution is 5.65. The van der Waals surface area contributed by atoms with E-state index < -0.39 is 12.2 Å². The van der Waals surface area contributed by atoms with E-state index in [1.165, 1.54) is 0 Å². The smallest absolute Gasteiger partial charge is 0.234 e. The lowest BCUT2D eigenvalue weighted by Gasteiger charge is -2.32. The van der Waals surface area contributed by atoms with Crippen LogP contribution in [0.5, 0.6) is 0 Å². The molecular weight excluding hydrogens is 340 g/mol. The number of rotatable bonds is 3. The molecule has 0 radical (unpaired) electrons. The van der Waals surface area contributed by atoms with Gasteiger partial charge >= 0.3 is 0 Å². The summed E-state index contributed by atoms with van der Waals surface area (Å²) in [4.78, 5) is 11.6. The number of nitrogens with zero attached hydrogens (tertiary/aromatic N) is 4. The molecule has 1 saturated heterocycles. The minimum absolute atomic E-state index is 0.459. The zero-order valence-electron chi connectivity index (χ0n) is 15.1. The van der Waals surface area contributed by atoms with Gasteiger partial charge in [0.2, 0.25) is 5.78 Å². The number of hydrogen-bond donors (Lipinski definition) is 2. The molecule has 27 heavy (non-hydrogen) atoms. The molecule has 4 atom stereocenters. The number of fused-ring (bicyclic) bond motifs is 2. The minimum Gasteiger partial charge on any atom is -0.390 e. The van der Waals surface area contributed by atoms with Crippen LogP contribution in [0.2, 0.25) is 0 Å². The highest BCUT2D eigenvalue weighted by Crippen LogP contribution is 2.37. The molecular formula is C21H24N4O2. The Kier molecular flexibility index (Phi) is 4.19. The van der Waals surface area contributed by atoms with Gasteiger partial charge in [0.15, 0.2) is 0 Å². The summed E-state index contributed by atoms with van der Waals surface area (Å²) in [6.45, 7) is 2.70. The van der Waals surface area contributed by atoms with E-state index in [1.807, 2.05) is 30.5 Å². The van der Waals surface area contributed by atoms with Gasteiger partial charge in [0, 0.05) is 37.6 Å². The summed E-state index contributed by atoms with van der Waals surface area (Å²) < 4.78 is 2.08. The van der Waals surface area contributed by atoms with E-state index in [9.17, 15) is 10.2 Å². The van der Waals surface area contributed by atoms with Gasteiger partial charge in [0.1, 0.15) is 0 Å². The summed E-state index contributed by atoms with van der Waals surface area (Å²) in [6.07, 6.45) is 4.03. The summed E-state index contributed by atoms with van der Waals surface area (Å²) in [5.41, 5.74) is 3.22. The molecule has 0 spiro atoms. The SMILES string of the molecule is O[C@@H]1C[C@@H]2CN(Cc3c(-c4ccccc4)nc4ncccn34)C[C@@H]2C[C@H]1O. The van der Waals surface area contributed by atoms with Gasteiger partial charge in [-0.1, -0.05) is 30.3 Å². The van der Waals surface area contributed by atoms with Crippen LogP contribution in [0, 0.1) is 11.8 Å². The first-order chi connectivity index (χ1) is 13.2. The van der Waals surface area contributed by atoms with Crippen molar-refractivity contribution in [3.63, 3.8) is 0 Å². The third-order valence-corrected chi connectivity index (χ3v) is 6.11. The maximum Gasteiger partial charge on any atom is 0.234 e. The molecule has 2 fully saturated rings. The average Bonchev–Trinajstić information content (AvgIpc) is 3.24. The molecule has 1 saturated carbocycles. The van der Waals surface area contributed by atoms with Crippen LogP contribution in [0.15, 0.2) is 48.8 Å². The van der Waals surface area contributed by atoms with Gasteiger partial charge in [-0.15, -0.1) is 0 Å². The molecule has 1 aromatic carbocycles. The zero-order chi connectivity index (χ0) is 18.4. The number of aliphatic hydroxyl groups is 2. The molecule has 3 aromatic rings. The largest absolute Gasteiger partial charge is 0.390 e. The van der Waals surface area contributed by atoms with Crippen LogP contribution in [-0.4, -0.2) is 54.8 Å². The fourth-order valence-electron chi connectivity index (χ4n) is 4.76. The molecule has 1 aliphatic carbocycles. The van der Waals surface area contributed by atoms with Gasteiger partial charge in [-0.3, -0.25) is 9.30 Å². The van der Waals surface area contributed by atoms with E-state index in [2.05, 4.69) is 26.4 Å². The Morgan fingerprint density at radius 3 is 2.37 bits per heavy atom. The summed E-state index contributed by atoms with van der Waals surface area (Å²) in [5.74, 6) is 1.63. The Labute approximate surface area is 158 Å². The highest BCUT2D eigenvalue weighted by atomic mass is 16.3. The van der Waals surface area contributed by atoms with Crippen LogP contribution in [0.1, 0.15) is 18.5 Å². The van der Waals surface area contributed by atoms with Crippen molar-refractivity contribution in [2.24, 2.45) is 11.8 Å². The molecule has 0 amide bonds. The van der Waals surface area contributed by atoms with E-state index in [0.717, 1.165) is 36.6 Å². The van der Waals surface area contributed by atoms with E-state index in [4.69, 9.17) is 4.98 Å². The molecule has 6 nitrogen and oxygen atoms in total. The van der Waals surface area contributed by atoms with Crippen molar-refractivity contribution in [1.82, 2.24) is 19.3 Å². The molecule has 0 bridgehead atoms. The van der Waals surface area contributed by atoms with Crippen LogP contribution in [0.25, 0.3) is 17.0 Å². The summed E-state index contributed by atoms with van der Waals surface area (Å²) >= 11 is 0. The number of aromatic nitrogens is 3. The van der Waals surface area contributed by atoms with Crippen molar-refractivity contribution in [3.05, 3.63) is 54.5 Å². The van der Waals surface area contributed by atoms with Gasteiger partial charge in [-0.2, -0.15) is 0 Å². The van der Waals surface area contributed by atoms with E-state index in [0.29, 0.717) is 30.5 Å². The fraction of sp³-hybridized carbons (Fsp3) is 0.429. The van der Waals surface area contributed by atoms with Gasteiger partial charge in [0.25, 0.3) is 0 Å². The van der Waals surface area contributed by atoms with Crippen molar-refractivity contribution in [1.29, 1.82) is 0 Å². The van der Waals surface area contributed by atoms with E-state index >= 15 is 0 Å². The molecule has 3 heterocycles. The van der Waals surface area contributed by atoms with Gasteiger partial charge in [0.05, 0.1) is 23.6 Å². The summed E-state index contributed by atoms with van der Waals surface area (Å²) in [6, 6.07) is 12.2. The Bertz CT molecular complexity index is 924. The quantitative estimate of drug-likeness (QED) is 0.743. The van der Waals surface area contributed by atoms with Gasteiger partial charge in [-0.05, 0) is 30.7 Å². The van der Waals surface area contributed by atoms with Crippen molar-refractivity contribution in [2.45, 2.75) is 31.6 Å². The second kappa shape index (κ2) is 6.71. The van der Waals surface area contributed by atoms with Crippen LogP contribution >= 0.6 is 0 Å². The summed E-state index contributed by atoms with van der Waals surface area (Å²) in [5, 5.41) is 20.0. The van der Waals surface area contributed by atoms with Crippen molar-refractivity contribution < 1.29 is 10.2 Å². The molecule has 140 valence electrons. The minimum atomic E-state index is -0.578. The van der Waals surface area contributed by atoms with Crippen molar-refractivity contribution in [3.8, 4) is 11.3 Å². The molecule has 2 aliphatic rings. The lowest BCUT2D eigenvalue weighted by molar-refractivity contribution is -0.0372. The van der Waals surface area contributed by atoms with E-state index in [-0.39, 0.29) is 0 Å². The molecule has 2 N–H and O–H groups in total. The fourth-order valence-corrected chi connectivity index (χ4v) is 4.76. The standard InChI is InChI=1S/C21H24N4O2/c26-18-9-15-11-24(12-16(15)10-19(18)27)13-17-20(14-5-2-1-3-6-14)23-21-22-7-4-8-25(17)21/h1-8,15-16,18-19,26-27H,9-13H2/t15-,16+,18-,19-/m1/s1. The Balaban J connectivity index is 1.47. The van der Waals surface area contributed by atoms with Crippen LogP contribution in [0.4, 0.5) is 0 Å². The number of likely N-dealkylation sites (tertiary alicyclic amines) is 1. The first kappa shape index (κ1) is 16.9. The second-order valence-corrected chi connectivity index (χ2v) is 7.88. The van der Waals surface area contributed by atoms with Crippen LogP contribution < -0.4 is 0 Å². The normalized spacial score (nSPS) is 28.5.